The maximum Gasteiger partial charge on any atom is 0.259 e. The average molecular weight is 277 g/mol. The Labute approximate surface area is 116 Å². The number of carbonyl (C=O) groups is 1. The van der Waals surface area contributed by atoms with Gasteiger partial charge in [0, 0.05) is 0 Å². The van der Waals surface area contributed by atoms with Crippen molar-refractivity contribution >= 4 is 23.2 Å². The van der Waals surface area contributed by atoms with Crippen LogP contribution in [-0.4, -0.2) is 17.5 Å². The number of pyridine rings is 1. The van der Waals surface area contributed by atoms with Gasteiger partial charge in [-0.1, -0.05) is 23.7 Å². The second-order valence-corrected chi connectivity index (χ2v) is 4.14. The Bertz CT molecular complexity index is 570. The molecular weight excluding hydrogens is 264 g/mol. The second-order valence-electron chi connectivity index (χ2n) is 3.75. The molecule has 0 aliphatic carbocycles. The van der Waals surface area contributed by atoms with Gasteiger partial charge in [0.2, 0.25) is 0 Å². The average Bonchev–Trinajstić information content (AvgIpc) is 2.42. The summed E-state index contributed by atoms with van der Waals surface area (Å²) in [5.74, 6) is 0.317. The Morgan fingerprint density at radius 2 is 2.11 bits per heavy atom. The van der Waals surface area contributed by atoms with E-state index in [2.05, 4.69) is 10.3 Å². The van der Waals surface area contributed by atoms with E-state index in [0.717, 1.165) is 0 Å². The van der Waals surface area contributed by atoms with E-state index in [0.29, 0.717) is 28.8 Å². The van der Waals surface area contributed by atoms with Crippen LogP contribution in [0, 0.1) is 0 Å². The maximum absolute atomic E-state index is 12.1. The first-order valence-corrected chi connectivity index (χ1v) is 6.23. The SMILES string of the molecule is CCOc1ccccc1C(=O)Nc1ccc(Cl)nc1. The topological polar surface area (TPSA) is 51.2 Å². The quantitative estimate of drug-likeness (QED) is 0.871. The fourth-order valence-electron chi connectivity index (χ4n) is 1.58. The first-order valence-electron chi connectivity index (χ1n) is 5.85. The van der Waals surface area contributed by atoms with Gasteiger partial charge in [0.1, 0.15) is 10.9 Å². The summed E-state index contributed by atoms with van der Waals surface area (Å²) in [6.45, 7) is 2.38. The molecule has 1 aromatic heterocycles. The molecule has 0 aliphatic heterocycles. The summed E-state index contributed by atoms with van der Waals surface area (Å²) in [6, 6.07) is 10.4. The molecule has 1 aromatic carbocycles. The Hall–Kier alpha value is -2.07. The van der Waals surface area contributed by atoms with E-state index >= 15 is 0 Å². The van der Waals surface area contributed by atoms with Gasteiger partial charge in [-0.05, 0) is 31.2 Å². The summed E-state index contributed by atoms with van der Waals surface area (Å²) in [6.07, 6.45) is 1.50. The molecule has 4 nitrogen and oxygen atoms in total. The van der Waals surface area contributed by atoms with Crippen molar-refractivity contribution in [1.82, 2.24) is 4.98 Å². The van der Waals surface area contributed by atoms with Crippen LogP contribution >= 0.6 is 11.6 Å². The van der Waals surface area contributed by atoms with Gasteiger partial charge in [0.25, 0.3) is 5.91 Å². The van der Waals surface area contributed by atoms with E-state index in [4.69, 9.17) is 16.3 Å². The van der Waals surface area contributed by atoms with E-state index in [1.807, 2.05) is 13.0 Å². The number of nitrogens with zero attached hydrogens (tertiary/aromatic N) is 1. The number of hydrogen-bond acceptors (Lipinski definition) is 3. The highest BCUT2D eigenvalue weighted by atomic mass is 35.5. The van der Waals surface area contributed by atoms with Crippen LogP contribution in [0.5, 0.6) is 5.75 Å². The molecular formula is C14H13ClN2O2. The molecule has 0 radical (unpaired) electrons. The first kappa shape index (κ1) is 13.4. The number of amides is 1. The largest absolute Gasteiger partial charge is 0.493 e. The zero-order valence-electron chi connectivity index (χ0n) is 10.4. The van der Waals surface area contributed by atoms with Gasteiger partial charge in [0.05, 0.1) is 24.1 Å². The van der Waals surface area contributed by atoms with Crippen molar-refractivity contribution in [2.24, 2.45) is 0 Å². The Kier molecular flexibility index (Phi) is 4.36. The predicted molar refractivity (Wildman–Crippen MR) is 74.8 cm³/mol. The number of benzene rings is 1. The number of ether oxygens (including phenoxy) is 1. The number of carbonyl (C=O) groups excluding carboxylic acids is 1. The second kappa shape index (κ2) is 6.20. The van der Waals surface area contributed by atoms with Crippen molar-refractivity contribution in [1.29, 1.82) is 0 Å². The van der Waals surface area contributed by atoms with E-state index in [9.17, 15) is 4.79 Å². The lowest BCUT2D eigenvalue weighted by molar-refractivity contribution is 0.102. The van der Waals surface area contributed by atoms with Crippen LogP contribution in [-0.2, 0) is 0 Å². The number of para-hydroxylation sites is 1. The molecule has 2 rings (SSSR count). The zero-order valence-corrected chi connectivity index (χ0v) is 11.1. The molecule has 0 saturated heterocycles. The fourth-order valence-corrected chi connectivity index (χ4v) is 1.70. The number of nitrogens with one attached hydrogen (secondary N) is 1. The molecule has 19 heavy (non-hydrogen) atoms. The third-order valence-electron chi connectivity index (χ3n) is 2.42. The van der Waals surface area contributed by atoms with Crippen molar-refractivity contribution in [2.75, 3.05) is 11.9 Å². The van der Waals surface area contributed by atoms with Gasteiger partial charge >= 0.3 is 0 Å². The van der Waals surface area contributed by atoms with Crippen LogP contribution in [0.2, 0.25) is 5.15 Å². The van der Waals surface area contributed by atoms with Crippen molar-refractivity contribution in [2.45, 2.75) is 6.92 Å². The lowest BCUT2D eigenvalue weighted by atomic mass is 10.2. The summed E-state index contributed by atoms with van der Waals surface area (Å²) in [5.41, 5.74) is 1.07. The highest BCUT2D eigenvalue weighted by Gasteiger charge is 2.11. The molecule has 0 aliphatic rings. The third kappa shape index (κ3) is 3.45. The van der Waals surface area contributed by atoms with Crippen molar-refractivity contribution in [3.05, 3.63) is 53.3 Å². The minimum absolute atomic E-state index is 0.242. The first-order chi connectivity index (χ1) is 9.20. The molecule has 0 saturated carbocycles. The van der Waals surface area contributed by atoms with E-state index in [1.165, 1.54) is 6.20 Å². The summed E-state index contributed by atoms with van der Waals surface area (Å²) < 4.78 is 5.42. The highest BCUT2D eigenvalue weighted by Crippen LogP contribution is 2.19. The number of rotatable bonds is 4. The van der Waals surface area contributed by atoms with Gasteiger partial charge in [-0.2, -0.15) is 0 Å². The number of aromatic nitrogens is 1. The van der Waals surface area contributed by atoms with Gasteiger partial charge in [-0.15, -0.1) is 0 Å². The maximum atomic E-state index is 12.1. The minimum Gasteiger partial charge on any atom is -0.493 e. The molecule has 0 atom stereocenters. The third-order valence-corrected chi connectivity index (χ3v) is 2.64. The van der Waals surface area contributed by atoms with Crippen LogP contribution in [0.4, 0.5) is 5.69 Å². The summed E-state index contributed by atoms with van der Waals surface area (Å²) >= 11 is 5.69. The molecule has 0 bridgehead atoms. The Morgan fingerprint density at radius 3 is 2.79 bits per heavy atom. The molecule has 0 fully saturated rings. The molecule has 1 amide bonds. The minimum atomic E-state index is -0.242. The summed E-state index contributed by atoms with van der Waals surface area (Å²) in [5, 5.41) is 3.13. The molecule has 1 heterocycles. The normalized spacial score (nSPS) is 10.0. The summed E-state index contributed by atoms with van der Waals surface area (Å²) in [7, 11) is 0. The van der Waals surface area contributed by atoms with Crippen LogP contribution in [0.3, 0.4) is 0 Å². The molecule has 0 spiro atoms. The molecule has 98 valence electrons. The molecule has 1 N–H and O–H groups in total. The lowest BCUT2D eigenvalue weighted by Gasteiger charge is -2.10. The zero-order chi connectivity index (χ0) is 13.7. The number of halogens is 1. The summed E-state index contributed by atoms with van der Waals surface area (Å²) in [4.78, 5) is 16.0. The van der Waals surface area contributed by atoms with Gasteiger partial charge < -0.3 is 10.1 Å². The fraction of sp³-hybridized carbons (Fsp3) is 0.143. The van der Waals surface area contributed by atoms with Gasteiger partial charge in [-0.3, -0.25) is 4.79 Å². The standard InChI is InChI=1S/C14H13ClN2O2/c1-2-19-12-6-4-3-5-11(12)14(18)17-10-7-8-13(15)16-9-10/h3-9H,2H2,1H3,(H,17,18). The number of anilines is 1. The van der Waals surface area contributed by atoms with Crippen LogP contribution in [0.15, 0.2) is 42.6 Å². The molecule has 5 heteroatoms. The van der Waals surface area contributed by atoms with Crippen molar-refractivity contribution < 1.29 is 9.53 Å². The molecule has 2 aromatic rings. The predicted octanol–water partition coefficient (Wildman–Crippen LogP) is 3.39. The lowest BCUT2D eigenvalue weighted by Crippen LogP contribution is -2.13. The van der Waals surface area contributed by atoms with Crippen molar-refractivity contribution in [3.8, 4) is 5.75 Å². The Balaban J connectivity index is 2.18. The van der Waals surface area contributed by atoms with E-state index in [1.54, 1.807) is 30.3 Å². The Morgan fingerprint density at radius 1 is 1.32 bits per heavy atom. The van der Waals surface area contributed by atoms with Crippen LogP contribution in [0.1, 0.15) is 17.3 Å². The smallest absolute Gasteiger partial charge is 0.259 e. The van der Waals surface area contributed by atoms with Crippen LogP contribution in [0.25, 0.3) is 0 Å². The van der Waals surface area contributed by atoms with Crippen molar-refractivity contribution in [3.63, 3.8) is 0 Å². The molecule has 0 unspecified atom stereocenters. The highest BCUT2D eigenvalue weighted by molar-refractivity contribution is 6.29. The van der Waals surface area contributed by atoms with Gasteiger partial charge in [-0.25, -0.2) is 4.98 Å². The monoisotopic (exact) mass is 276 g/mol. The van der Waals surface area contributed by atoms with Crippen LogP contribution < -0.4 is 10.1 Å². The van der Waals surface area contributed by atoms with Gasteiger partial charge in [0.15, 0.2) is 0 Å². The van der Waals surface area contributed by atoms with E-state index < -0.39 is 0 Å². The number of hydrogen-bond donors (Lipinski definition) is 1. The van der Waals surface area contributed by atoms with E-state index in [-0.39, 0.29) is 5.91 Å².